The van der Waals surface area contributed by atoms with Crippen LogP contribution in [0.4, 0.5) is 0 Å². The standard InChI is InChI=1S/C11H15BrN2O2/c1-8(3-2-4-15)14-11(16)9-5-10(12)7-13-6-9/h5-8,15H,2-4H2,1H3,(H,14,16). The second-order valence-corrected chi connectivity index (χ2v) is 4.55. The van der Waals surface area contributed by atoms with Crippen molar-refractivity contribution in [1.29, 1.82) is 0 Å². The number of pyridine rings is 1. The lowest BCUT2D eigenvalue weighted by atomic mass is 10.1. The lowest BCUT2D eigenvalue weighted by Crippen LogP contribution is -2.32. The Hall–Kier alpha value is -0.940. The highest BCUT2D eigenvalue weighted by Crippen LogP contribution is 2.09. The number of hydrogen-bond donors (Lipinski definition) is 2. The van der Waals surface area contributed by atoms with Gasteiger partial charge >= 0.3 is 0 Å². The summed E-state index contributed by atoms with van der Waals surface area (Å²) in [6, 6.07) is 1.78. The zero-order chi connectivity index (χ0) is 12.0. The van der Waals surface area contributed by atoms with Gasteiger partial charge in [0.2, 0.25) is 0 Å². The second kappa shape index (κ2) is 6.60. The van der Waals surface area contributed by atoms with Crippen LogP contribution in [0.3, 0.4) is 0 Å². The van der Waals surface area contributed by atoms with Crippen LogP contribution in [0, 0.1) is 0 Å². The van der Waals surface area contributed by atoms with Gasteiger partial charge in [-0.05, 0) is 41.8 Å². The van der Waals surface area contributed by atoms with E-state index in [-0.39, 0.29) is 18.6 Å². The maximum absolute atomic E-state index is 11.7. The number of nitrogens with one attached hydrogen (secondary N) is 1. The van der Waals surface area contributed by atoms with E-state index in [2.05, 4.69) is 26.2 Å². The van der Waals surface area contributed by atoms with E-state index >= 15 is 0 Å². The molecule has 1 aromatic rings. The fraction of sp³-hybridized carbons (Fsp3) is 0.455. The van der Waals surface area contributed by atoms with Gasteiger partial charge in [0.15, 0.2) is 0 Å². The van der Waals surface area contributed by atoms with Crippen LogP contribution >= 0.6 is 15.9 Å². The number of aliphatic hydroxyl groups excluding tert-OH is 1. The summed E-state index contributed by atoms with van der Waals surface area (Å²) >= 11 is 3.26. The average molecular weight is 287 g/mol. The highest BCUT2D eigenvalue weighted by atomic mass is 79.9. The molecule has 88 valence electrons. The molecule has 0 spiro atoms. The van der Waals surface area contributed by atoms with Crippen molar-refractivity contribution >= 4 is 21.8 Å². The van der Waals surface area contributed by atoms with Crippen LogP contribution in [-0.2, 0) is 0 Å². The molecular formula is C11H15BrN2O2. The van der Waals surface area contributed by atoms with Crippen molar-refractivity contribution in [3.8, 4) is 0 Å². The Bertz CT molecular complexity index is 358. The van der Waals surface area contributed by atoms with Gasteiger partial charge in [-0.1, -0.05) is 0 Å². The van der Waals surface area contributed by atoms with Gasteiger partial charge in [-0.3, -0.25) is 9.78 Å². The molecule has 1 rings (SSSR count). The van der Waals surface area contributed by atoms with Gasteiger partial charge in [0, 0.05) is 29.5 Å². The van der Waals surface area contributed by atoms with Gasteiger partial charge in [0.05, 0.1) is 5.56 Å². The smallest absolute Gasteiger partial charge is 0.253 e. The molecule has 5 heteroatoms. The van der Waals surface area contributed by atoms with Crippen LogP contribution in [0.2, 0.25) is 0 Å². The molecule has 2 N–H and O–H groups in total. The zero-order valence-electron chi connectivity index (χ0n) is 9.11. The van der Waals surface area contributed by atoms with Crippen molar-refractivity contribution in [1.82, 2.24) is 10.3 Å². The third-order valence-corrected chi connectivity index (χ3v) is 2.57. The second-order valence-electron chi connectivity index (χ2n) is 3.63. The number of rotatable bonds is 5. The van der Waals surface area contributed by atoms with Crippen molar-refractivity contribution in [2.75, 3.05) is 6.61 Å². The largest absolute Gasteiger partial charge is 0.396 e. The topological polar surface area (TPSA) is 62.2 Å². The number of halogens is 1. The molecule has 1 unspecified atom stereocenters. The van der Waals surface area contributed by atoms with E-state index in [0.717, 1.165) is 10.9 Å². The van der Waals surface area contributed by atoms with E-state index in [0.29, 0.717) is 12.0 Å². The summed E-state index contributed by atoms with van der Waals surface area (Å²) in [6.07, 6.45) is 4.62. The molecule has 0 aliphatic heterocycles. The molecule has 0 bridgehead atoms. The van der Waals surface area contributed by atoms with E-state index in [1.165, 1.54) is 6.20 Å². The Balaban J connectivity index is 2.52. The first-order chi connectivity index (χ1) is 7.63. The first kappa shape index (κ1) is 13.1. The molecule has 0 aliphatic carbocycles. The summed E-state index contributed by atoms with van der Waals surface area (Å²) in [6.45, 7) is 2.07. The third-order valence-electron chi connectivity index (χ3n) is 2.14. The van der Waals surface area contributed by atoms with Crippen molar-refractivity contribution in [3.05, 3.63) is 28.5 Å². The van der Waals surface area contributed by atoms with Gasteiger partial charge in [-0.2, -0.15) is 0 Å². The predicted octanol–water partition coefficient (Wildman–Crippen LogP) is 1.73. The van der Waals surface area contributed by atoms with Crippen molar-refractivity contribution in [2.24, 2.45) is 0 Å². The molecule has 0 saturated heterocycles. The van der Waals surface area contributed by atoms with Gasteiger partial charge in [0.1, 0.15) is 0 Å². The quantitative estimate of drug-likeness (QED) is 0.867. The number of carbonyl (C=O) groups excluding carboxylic acids is 1. The summed E-state index contributed by atoms with van der Waals surface area (Å²) in [4.78, 5) is 15.7. The van der Waals surface area contributed by atoms with E-state index in [1.54, 1.807) is 12.3 Å². The number of carbonyl (C=O) groups is 1. The SMILES string of the molecule is CC(CCCO)NC(=O)c1cncc(Br)c1. The van der Waals surface area contributed by atoms with Crippen LogP contribution in [0.1, 0.15) is 30.1 Å². The Morgan fingerprint density at radius 1 is 1.62 bits per heavy atom. The van der Waals surface area contributed by atoms with Crippen LogP contribution in [0.15, 0.2) is 22.9 Å². The van der Waals surface area contributed by atoms with Crippen molar-refractivity contribution < 1.29 is 9.90 Å². The van der Waals surface area contributed by atoms with Crippen molar-refractivity contribution in [3.63, 3.8) is 0 Å². The van der Waals surface area contributed by atoms with Crippen LogP contribution in [-0.4, -0.2) is 28.6 Å². The monoisotopic (exact) mass is 286 g/mol. The Morgan fingerprint density at radius 3 is 3.00 bits per heavy atom. The van der Waals surface area contributed by atoms with Crippen LogP contribution in [0.25, 0.3) is 0 Å². The summed E-state index contributed by atoms with van der Waals surface area (Å²) in [5.74, 6) is -0.140. The molecule has 1 aromatic heterocycles. The van der Waals surface area contributed by atoms with Crippen LogP contribution in [0.5, 0.6) is 0 Å². The summed E-state index contributed by atoms with van der Waals surface area (Å²) in [5.41, 5.74) is 0.533. The third kappa shape index (κ3) is 4.28. The fourth-order valence-corrected chi connectivity index (χ4v) is 1.68. The predicted molar refractivity (Wildman–Crippen MR) is 65.2 cm³/mol. The highest BCUT2D eigenvalue weighted by Gasteiger charge is 2.09. The maximum atomic E-state index is 11.7. The lowest BCUT2D eigenvalue weighted by molar-refractivity contribution is 0.0936. The van der Waals surface area contributed by atoms with Gasteiger partial charge in [-0.25, -0.2) is 0 Å². The molecule has 0 aromatic carbocycles. The summed E-state index contributed by atoms with van der Waals surface area (Å²) in [7, 11) is 0. The zero-order valence-corrected chi connectivity index (χ0v) is 10.7. The number of aromatic nitrogens is 1. The van der Waals surface area contributed by atoms with E-state index < -0.39 is 0 Å². The number of amides is 1. The molecule has 4 nitrogen and oxygen atoms in total. The molecular weight excluding hydrogens is 272 g/mol. The molecule has 0 radical (unpaired) electrons. The number of nitrogens with zero attached hydrogens (tertiary/aromatic N) is 1. The Labute approximate surface area is 103 Å². The Morgan fingerprint density at radius 2 is 2.38 bits per heavy atom. The number of hydrogen-bond acceptors (Lipinski definition) is 3. The molecule has 1 atom stereocenters. The molecule has 16 heavy (non-hydrogen) atoms. The summed E-state index contributed by atoms with van der Waals surface area (Å²) < 4.78 is 0.781. The molecule has 1 amide bonds. The molecule has 0 saturated carbocycles. The lowest BCUT2D eigenvalue weighted by Gasteiger charge is -2.12. The van der Waals surface area contributed by atoms with Crippen molar-refractivity contribution in [2.45, 2.75) is 25.8 Å². The summed E-state index contributed by atoms with van der Waals surface area (Å²) in [5, 5.41) is 11.5. The number of aliphatic hydroxyl groups is 1. The molecule has 0 fully saturated rings. The Kier molecular flexibility index (Phi) is 5.42. The van der Waals surface area contributed by atoms with Gasteiger partial charge in [0.25, 0.3) is 5.91 Å². The first-order valence-corrected chi connectivity index (χ1v) is 5.95. The highest BCUT2D eigenvalue weighted by molar-refractivity contribution is 9.10. The van der Waals surface area contributed by atoms with E-state index in [4.69, 9.17) is 5.11 Å². The van der Waals surface area contributed by atoms with Gasteiger partial charge < -0.3 is 10.4 Å². The minimum absolute atomic E-state index is 0.0543. The molecule has 0 aliphatic rings. The fourth-order valence-electron chi connectivity index (χ4n) is 1.31. The van der Waals surface area contributed by atoms with Crippen LogP contribution < -0.4 is 5.32 Å². The first-order valence-electron chi connectivity index (χ1n) is 5.15. The maximum Gasteiger partial charge on any atom is 0.253 e. The minimum atomic E-state index is -0.140. The van der Waals surface area contributed by atoms with E-state index in [9.17, 15) is 4.79 Å². The average Bonchev–Trinajstić information content (AvgIpc) is 2.26. The van der Waals surface area contributed by atoms with Gasteiger partial charge in [-0.15, -0.1) is 0 Å². The van der Waals surface area contributed by atoms with E-state index in [1.807, 2.05) is 6.92 Å². The normalized spacial score (nSPS) is 12.2. The molecule has 1 heterocycles. The minimum Gasteiger partial charge on any atom is -0.396 e.